The maximum atomic E-state index is 5.30. The van der Waals surface area contributed by atoms with Crippen LogP contribution in [0.1, 0.15) is 17.9 Å². The van der Waals surface area contributed by atoms with Crippen LogP contribution in [0.5, 0.6) is 0 Å². The van der Waals surface area contributed by atoms with E-state index in [2.05, 4.69) is 21.2 Å². The topological polar surface area (TPSA) is 43.0 Å². The number of furan rings is 1. The van der Waals surface area contributed by atoms with E-state index in [1.807, 2.05) is 18.3 Å². The Bertz CT molecular complexity index is 447. The molecule has 0 aliphatic carbocycles. The maximum absolute atomic E-state index is 5.30. The average molecular weight is 217 g/mol. The number of nitrogens with zero attached hydrogens (tertiary/aromatic N) is 2. The number of hydrogen-bond donors (Lipinski definition) is 1. The molecule has 0 spiro atoms. The monoisotopic (exact) mass is 217 g/mol. The fraction of sp³-hybridized carbons (Fsp3) is 0.417. The average Bonchev–Trinajstić information content (AvgIpc) is 2.97. The summed E-state index contributed by atoms with van der Waals surface area (Å²) in [6.45, 7) is 1.82. The first kappa shape index (κ1) is 9.66. The Morgan fingerprint density at radius 1 is 1.50 bits per heavy atom. The summed E-state index contributed by atoms with van der Waals surface area (Å²) in [4.78, 5) is 0. The highest BCUT2D eigenvalue weighted by atomic mass is 16.3. The van der Waals surface area contributed by atoms with Crippen molar-refractivity contribution >= 4 is 0 Å². The Morgan fingerprint density at radius 2 is 2.50 bits per heavy atom. The Balaban J connectivity index is 1.58. The van der Waals surface area contributed by atoms with E-state index >= 15 is 0 Å². The lowest BCUT2D eigenvalue weighted by atomic mass is 10.0. The molecule has 0 aromatic carbocycles. The summed E-state index contributed by atoms with van der Waals surface area (Å²) in [5.74, 6) is 0.999. The van der Waals surface area contributed by atoms with Gasteiger partial charge in [-0.3, -0.25) is 4.68 Å². The molecule has 1 aliphatic heterocycles. The van der Waals surface area contributed by atoms with Gasteiger partial charge in [0.05, 0.1) is 12.8 Å². The van der Waals surface area contributed by atoms with E-state index in [0.717, 1.165) is 31.7 Å². The summed E-state index contributed by atoms with van der Waals surface area (Å²) in [6, 6.07) is 6.56. The third-order valence-electron chi connectivity index (χ3n) is 3.09. The second kappa shape index (κ2) is 4.14. The van der Waals surface area contributed by atoms with E-state index in [9.17, 15) is 0 Å². The molecule has 3 heterocycles. The molecule has 3 rings (SSSR count). The molecule has 0 saturated carbocycles. The molecule has 2 aromatic rings. The minimum atomic E-state index is 0.536. The van der Waals surface area contributed by atoms with Crippen LogP contribution in [0.3, 0.4) is 0 Å². The molecule has 16 heavy (non-hydrogen) atoms. The Morgan fingerprint density at radius 3 is 3.38 bits per heavy atom. The van der Waals surface area contributed by atoms with Crippen LogP contribution in [-0.2, 0) is 19.5 Å². The number of nitrogens with one attached hydrogen (secondary N) is 1. The van der Waals surface area contributed by atoms with E-state index in [4.69, 9.17) is 4.42 Å². The first-order chi connectivity index (χ1) is 7.92. The summed E-state index contributed by atoms with van der Waals surface area (Å²) in [6.07, 6.45) is 5.79. The molecule has 0 bridgehead atoms. The molecular weight excluding hydrogens is 202 g/mol. The van der Waals surface area contributed by atoms with Crippen molar-refractivity contribution in [3.63, 3.8) is 0 Å². The van der Waals surface area contributed by atoms with Crippen molar-refractivity contribution in [2.24, 2.45) is 0 Å². The van der Waals surface area contributed by atoms with Gasteiger partial charge in [-0.1, -0.05) is 0 Å². The fourth-order valence-corrected chi connectivity index (χ4v) is 2.20. The number of aromatic nitrogens is 2. The standard InChI is InChI=1S/C12H15N3O/c1-2-12(16-7-1)9-13-10-4-6-15-11(8-10)3-5-14-15/h1-3,5,7,10,13H,4,6,8-9H2. The second-order valence-corrected chi connectivity index (χ2v) is 4.20. The quantitative estimate of drug-likeness (QED) is 0.848. The third kappa shape index (κ3) is 1.88. The molecule has 1 unspecified atom stereocenters. The molecule has 0 saturated heterocycles. The van der Waals surface area contributed by atoms with Gasteiger partial charge < -0.3 is 9.73 Å². The molecule has 4 nitrogen and oxygen atoms in total. The van der Waals surface area contributed by atoms with Crippen LogP contribution < -0.4 is 5.32 Å². The summed E-state index contributed by atoms with van der Waals surface area (Å²) < 4.78 is 7.39. The highest BCUT2D eigenvalue weighted by molar-refractivity contribution is 5.06. The van der Waals surface area contributed by atoms with E-state index in [-0.39, 0.29) is 0 Å². The number of rotatable bonds is 3. The van der Waals surface area contributed by atoms with Gasteiger partial charge in [0.25, 0.3) is 0 Å². The molecular formula is C12H15N3O. The van der Waals surface area contributed by atoms with Crippen LogP contribution in [0.25, 0.3) is 0 Å². The fourth-order valence-electron chi connectivity index (χ4n) is 2.20. The smallest absolute Gasteiger partial charge is 0.117 e. The Labute approximate surface area is 94.3 Å². The summed E-state index contributed by atoms with van der Waals surface area (Å²) in [5, 5.41) is 7.79. The van der Waals surface area contributed by atoms with Crippen molar-refractivity contribution in [1.29, 1.82) is 0 Å². The van der Waals surface area contributed by atoms with Crippen molar-refractivity contribution in [3.05, 3.63) is 42.1 Å². The van der Waals surface area contributed by atoms with Gasteiger partial charge in [0.15, 0.2) is 0 Å². The van der Waals surface area contributed by atoms with Crippen LogP contribution in [0.4, 0.5) is 0 Å². The van der Waals surface area contributed by atoms with E-state index < -0.39 is 0 Å². The highest BCUT2D eigenvalue weighted by Crippen LogP contribution is 2.14. The normalized spacial score (nSPS) is 19.6. The maximum Gasteiger partial charge on any atom is 0.117 e. The molecule has 0 fully saturated rings. The molecule has 4 heteroatoms. The predicted molar refractivity (Wildman–Crippen MR) is 59.9 cm³/mol. The third-order valence-corrected chi connectivity index (χ3v) is 3.09. The zero-order chi connectivity index (χ0) is 10.8. The van der Waals surface area contributed by atoms with Gasteiger partial charge in [0, 0.05) is 30.9 Å². The van der Waals surface area contributed by atoms with Crippen LogP contribution in [0.2, 0.25) is 0 Å². The van der Waals surface area contributed by atoms with Gasteiger partial charge in [0.1, 0.15) is 5.76 Å². The first-order valence-electron chi connectivity index (χ1n) is 5.68. The minimum Gasteiger partial charge on any atom is -0.468 e. The van der Waals surface area contributed by atoms with Gasteiger partial charge in [-0.2, -0.15) is 5.10 Å². The van der Waals surface area contributed by atoms with Crippen molar-refractivity contribution < 1.29 is 4.42 Å². The Hall–Kier alpha value is -1.55. The van der Waals surface area contributed by atoms with Crippen LogP contribution in [0, 0.1) is 0 Å². The largest absolute Gasteiger partial charge is 0.468 e. The number of hydrogen-bond acceptors (Lipinski definition) is 3. The SMILES string of the molecule is c1coc(CNC2CCn3nccc3C2)c1. The first-order valence-corrected chi connectivity index (χ1v) is 5.68. The summed E-state index contributed by atoms with van der Waals surface area (Å²) >= 11 is 0. The second-order valence-electron chi connectivity index (χ2n) is 4.20. The van der Waals surface area contributed by atoms with Crippen LogP contribution >= 0.6 is 0 Å². The van der Waals surface area contributed by atoms with Crippen molar-refractivity contribution in [1.82, 2.24) is 15.1 Å². The highest BCUT2D eigenvalue weighted by Gasteiger charge is 2.18. The number of aryl methyl sites for hydroxylation is 1. The number of fused-ring (bicyclic) bond motifs is 1. The van der Waals surface area contributed by atoms with Crippen LogP contribution in [-0.4, -0.2) is 15.8 Å². The zero-order valence-electron chi connectivity index (χ0n) is 9.10. The van der Waals surface area contributed by atoms with E-state index in [1.165, 1.54) is 5.69 Å². The lowest BCUT2D eigenvalue weighted by molar-refractivity contribution is 0.363. The van der Waals surface area contributed by atoms with Crippen molar-refractivity contribution in [2.45, 2.75) is 32.0 Å². The summed E-state index contributed by atoms with van der Waals surface area (Å²) in [7, 11) is 0. The molecule has 1 aliphatic rings. The molecule has 2 aromatic heterocycles. The minimum absolute atomic E-state index is 0.536. The molecule has 0 amide bonds. The summed E-state index contributed by atoms with van der Waals surface area (Å²) in [5.41, 5.74) is 1.32. The molecule has 0 radical (unpaired) electrons. The van der Waals surface area contributed by atoms with Crippen molar-refractivity contribution in [3.8, 4) is 0 Å². The molecule has 1 atom stereocenters. The predicted octanol–water partition coefficient (Wildman–Crippen LogP) is 1.58. The van der Waals surface area contributed by atoms with E-state index in [0.29, 0.717) is 6.04 Å². The van der Waals surface area contributed by atoms with Crippen LogP contribution in [0.15, 0.2) is 35.1 Å². The molecule has 1 N–H and O–H groups in total. The van der Waals surface area contributed by atoms with E-state index in [1.54, 1.807) is 6.26 Å². The van der Waals surface area contributed by atoms with Gasteiger partial charge in [-0.25, -0.2) is 0 Å². The zero-order valence-corrected chi connectivity index (χ0v) is 9.10. The lowest BCUT2D eigenvalue weighted by Gasteiger charge is -2.23. The Kier molecular flexibility index (Phi) is 2.50. The van der Waals surface area contributed by atoms with Crippen molar-refractivity contribution in [2.75, 3.05) is 0 Å². The molecule has 84 valence electrons. The van der Waals surface area contributed by atoms with Gasteiger partial charge in [-0.15, -0.1) is 0 Å². The van der Waals surface area contributed by atoms with Gasteiger partial charge >= 0.3 is 0 Å². The lowest BCUT2D eigenvalue weighted by Crippen LogP contribution is -2.35. The van der Waals surface area contributed by atoms with Gasteiger partial charge in [0.2, 0.25) is 0 Å². The van der Waals surface area contributed by atoms with Gasteiger partial charge in [-0.05, 0) is 24.6 Å².